The summed E-state index contributed by atoms with van der Waals surface area (Å²) in [6.45, 7) is 5.25. The Hall–Kier alpha value is -2.41. The maximum Gasteiger partial charge on any atom is 0.312 e. The second-order valence-electron chi connectivity index (χ2n) is 6.36. The summed E-state index contributed by atoms with van der Waals surface area (Å²) in [5.74, 6) is -1.12. The van der Waals surface area contributed by atoms with Gasteiger partial charge in [0.25, 0.3) is 5.91 Å². The summed E-state index contributed by atoms with van der Waals surface area (Å²) in [4.78, 5) is 40.6. The Morgan fingerprint density at radius 3 is 2.32 bits per heavy atom. The van der Waals surface area contributed by atoms with E-state index in [4.69, 9.17) is 0 Å². The molecular weight excluding hydrogens is 338 g/mol. The van der Waals surface area contributed by atoms with Crippen molar-refractivity contribution in [3.8, 4) is 0 Å². The zero-order chi connectivity index (χ0) is 18.0. The summed E-state index contributed by atoms with van der Waals surface area (Å²) in [5.41, 5.74) is 0. The van der Waals surface area contributed by atoms with Crippen molar-refractivity contribution >= 4 is 39.1 Å². The summed E-state index contributed by atoms with van der Waals surface area (Å²) < 4.78 is 1.09. The van der Waals surface area contributed by atoms with Crippen LogP contribution in [0.25, 0.3) is 10.1 Å². The van der Waals surface area contributed by atoms with E-state index in [0.29, 0.717) is 31.1 Å². The van der Waals surface area contributed by atoms with Crippen LogP contribution >= 0.6 is 11.3 Å². The number of benzene rings is 1. The average Bonchev–Trinajstić information content (AvgIpc) is 3.04. The average molecular weight is 359 g/mol. The summed E-state index contributed by atoms with van der Waals surface area (Å²) in [6.07, 6.45) is 0. The lowest BCUT2D eigenvalue weighted by atomic mass is 10.2. The van der Waals surface area contributed by atoms with E-state index in [0.717, 1.165) is 10.1 Å². The molecule has 7 heteroatoms. The fourth-order valence-electron chi connectivity index (χ4n) is 2.82. The quantitative estimate of drug-likeness (QED) is 0.830. The van der Waals surface area contributed by atoms with Gasteiger partial charge in [-0.05, 0) is 31.4 Å². The number of nitrogens with one attached hydrogen (secondary N) is 1. The van der Waals surface area contributed by atoms with E-state index >= 15 is 0 Å². The highest BCUT2D eigenvalue weighted by atomic mass is 32.1. The van der Waals surface area contributed by atoms with Crippen molar-refractivity contribution in [1.29, 1.82) is 0 Å². The molecule has 2 aromatic rings. The number of carbonyl (C=O) groups excluding carboxylic acids is 3. The Labute approximate surface area is 150 Å². The van der Waals surface area contributed by atoms with Crippen molar-refractivity contribution in [3.63, 3.8) is 0 Å². The van der Waals surface area contributed by atoms with E-state index in [2.05, 4.69) is 5.32 Å². The summed E-state index contributed by atoms with van der Waals surface area (Å²) in [6, 6.07) is 9.74. The van der Waals surface area contributed by atoms with Crippen molar-refractivity contribution in [2.24, 2.45) is 0 Å². The minimum atomic E-state index is -0.584. The van der Waals surface area contributed by atoms with Gasteiger partial charge < -0.3 is 15.1 Å². The first-order valence-electron chi connectivity index (χ1n) is 8.33. The highest BCUT2D eigenvalue weighted by Crippen LogP contribution is 2.26. The molecule has 1 aliphatic heterocycles. The van der Waals surface area contributed by atoms with E-state index < -0.39 is 11.8 Å². The Morgan fingerprint density at radius 1 is 1.04 bits per heavy atom. The molecule has 1 aromatic carbocycles. The zero-order valence-corrected chi connectivity index (χ0v) is 15.1. The van der Waals surface area contributed by atoms with Gasteiger partial charge in [0, 0.05) is 36.9 Å². The predicted octanol–water partition coefficient (Wildman–Crippen LogP) is 1.71. The highest BCUT2D eigenvalue weighted by Gasteiger charge is 2.28. The Bertz CT molecular complexity index is 774. The molecule has 6 nitrogen and oxygen atoms in total. The van der Waals surface area contributed by atoms with Gasteiger partial charge in [-0.2, -0.15) is 0 Å². The second kappa shape index (κ2) is 7.23. The van der Waals surface area contributed by atoms with Gasteiger partial charge in [-0.3, -0.25) is 14.4 Å². The van der Waals surface area contributed by atoms with E-state index in [9.17, 15) is 14.4 Å². The largest absolute Gasteiger partial charge is 0.346 e. The first-order chi connectivity index (χ1) is 12.0. The third-order valence-electron chi connectivity index (χ3n) is 4.10. The van der Waals surface area contributed by atoms with Gasteiger partial charge in [-0.25, -0.2) is 0 Å². The van der Waals surface area contributed by atoms with Crippen LogP contribution < -0.4 is 5.32 Å². The monoisotopic (exact) mass is 359 g/mol. The van der Waals surface area contributed by atoms with Gasteiger partial charge in [0.2, 0.25) is 0 Å². The standard InChI is InChI=1S/C18H21N3O3S/c1-12(2)19-16(22)18(24)21-9-7-20(8-10-21)17(23)15-11-13-5-3-4-6-14(13)25-15/h3-6,11-12H,7-10H2,1-2H3,(H,19,22). The number of hydrogen-bond donors (Lipinski definition) is 1. The van der Waals surface area contributed by atoms with E-state index in [-0.39, 0.29) is 11.9 Å². The van der Waals surface area contributed by atoms with Crippen molar-refractivity contribution in [2.75, 3.05) is 26.2 Å². The predicted molar refractivity (Wildman–Crippen MR) is 97.6 cm³/mol. The topological polar surface area (TPSA) is 69.7 Å². The number of piperazine rings is 1. The summed E-state index contributed by atoms with van der Waals surface area (Å²) >= 11 is 1.48. The maximum absolute atomic E-state index is 12.7. The van der Waals surface area contributed by atoms with Crippen LogP contribution in [0, 0.1) is 0 Å². The SMILES string of the molecule is CC(C)NC(=O)C(=O)N1CCN(C(=O)c2cc3ccccc3s2)CC1. The number of amides is 3. The number of rotatable bonds is 2. The Kier molecular flexibility index (Phi) is 5.03. The fourth-order valence-corrected chi connectivity index (χ4v) is 3.85. The van der Waals surface area contributed by atoms with Crippen molar-refractivity contribution in [2.45, 2.75) is 19.9 Å². The zero-order valence-electron chi connectivity index (χ0n) is 14.3. The molecule has 0 bridgehead atoms. The molecular formula is C18H21N3O3S. The fraction of sp³-hybridized carbons (Fsp3) is 0.389. The first kappa shape index (κ1) is 17.4. The van der Waals surface area contributed by atoms with Crippen molar-refractivity contribution in [3.05, 3.63) is 35.2 Å². The molecule has 1 fully saturated rings. The molecule has 1 aliphatic rings. The molecule has 132 valence electrons. The van der Waals surface area contributed by atoms with Crippen LogP contribution in [0.1, 0.15) is 23.5 Å². The van der Waals surface area contributed by atoms with Gasteiger partial charge in [-0.15, -0.1) is 11.3 Å². The molecule has 25 heavy (non-hydrogen) atoms. The summed E-state index contributed by atoms with van der Waals surface area (Å²) in [5, 5.41) is 3.67. The van der Waals surface area contributed by atoms with Crippen LogP contribution in [0.4, 0.5) is 0 Å². The molecule has 3 rings (SSSR count). The van der Waals surface area contributed by atoms with E-state index in [1.54, 1.807) is 4.90 Å². The molecule has 0 unspecified atom stereocenters. The molecule has 3 amide bonds. The van der Waals surface area contributed by atoms with Gasteiger partial charge in [0.15, 0.2) is 0 Å². The molecule has 0 radical (unpaired) electrons. The van der Waals surface area contributed by atoms with E-state index in [1.807, 2.05) is 44.2 Å². The molecule has 1 aromatic heterocycles. The molecule has 1 saturated heterocycles. The lowest BCUT2D eigenvalue weighted by Crippen LogP contribution is -2.54. The third-order valence-corrected chi connectivity index (χ3v) is 5.21. The number of hydrogen-bond acceptors (Lipinski definition) is 4. The van der Waals surface area contributed by atoms with Crippen LogP contribution in [0.3, 0.4) is 0 Å². The number of thiophene rings is 1. The van der Waals surface area contributed by atoms with E-state index in [1.165, 1.54) is 16.2 Å². The van der Waals surface area contributed by atoms with Crippen LogP contribution in [0.15, 0.2) is 30.3 Å². The van der Waals surface area contributed by atoms with Crippen LogP contribution in [0.2, 0.25) is 0 Å². The molecule has 0 saturated carbocycles. The lowest BCUT2D eigenvalue weighted by molar-refractivity contribution is -0.147. The highest BCUT2D eigenvalue weighted by molar-refractivity contribution is 7.20. The van der Waals surface area contributed by atoms with Gasteiger partial charge >= 0.3 is 11.8 Å². The maximum atomic E-state index is 12.7. The number of nitrogens with zero attached hydrogens (tertiary/aromatic N) is 2. The number of carbonyl (C=O) groups is 3. The molecule has 0 aliphatic carbocycles. The first-order valence-corrected chi connectivity index (χ1v) is 9.15. The van der Waals surface area contributed by atoms with Gasteiger partial charge in [0.05, 0.1) is 4.88 Å². The van der Waals surface area contributed by atoms with Gasteiger partial charge in [-0.1, -0.05) is 18.2 Å². The van der Waals surface area contributed by atoms with Crippen molar-refractivity contribution < 1.29 is 14.4 Å². The lowest BCUT2D eigenvalue weighted by Gasteiger charge is -2.34. The smallest absolute Gasteiger partial charge is 0.312 e. The molecule has 0 atom stereocenters. The van der Waals surface area contributed by atoms with Crippen LogP contribution in [0.5, 0.6) is 0 Å². The van der Waals surface area contributed by atoms with Gasteiger partial charge in [0.1, 0.15) is 0 Å². The Balaban J connectivity index is 1.61. The molecule has 0 spiro atoms. The minimum absolute atomic E-state index is 0.0140. The molecule has 1 N–H and O–H groups in total. The minimum Gasteiger partial charge on any atom is -0.346 e. The molecule has 2 heterocycles. The normalized spacial score (nSPS) is 14.8. The summed E-state index contributed by atoms with van der Waals surface area (Å²) in [7, 11) is 0. The second-order valence-corrected chi connectivity index (χ2v) is 7.44. The Morgan fingerprint density at radius 2 is 1.68 bits per heavy atom. The van der Waals surface area contributed by atoms with Crippen LogP contribution in [-0.2, 0) is 9.59 Å². The van der Waals surface area contributed by atoms with Crippen LogP contribution in [-0.4, -0.2) is 59.7 Å². The third kappa shape index (κ3) is 3.82. The van der Waals surface area contributed by atoms with Crippen molar-refractivity contribution in [1.82, 2.24) is 15.1 Å². The number of fused-ring (bicyclic) bond motifs is 1.